The highest BCUT2D eigenvalue weighted by Crippen LogP contribution is 2.29. The van der Waals surface area contributed by atoms with Crippen LogP contribution in [0.15, 0.2) is 64.6 Å². The maximum Gasteiger partial charge on any atom is 0.260 e. The lowest BCUT2D eigenvalue weighted by atomic mass is 10.0. The second-order valence-corrected chi connectivity index (χ2v) is 9.77. The molecule has 1 fully saturated rings. The number of likely N-dealkylation sites (N-methyl/N-ethyl adjacent to an activating group) is 1. The summed E-state index contributed by atoms with van der Waals surface area (Å²) < 4.78 is 1.62. The van der Waals surface area contributed by atoms with Crippen LogP contribution in [0.3, 0.4) is 0 Å². The Hall–Kier alpha value is -4.19. The van der Waals surface area contributed by atoms with E-state index in [0.717, 1.165) is 37.3 Å². The molecule has 5 rings (SSSR count). The molecular weight excluding hydrogens is 516 g/mol. The molecule has 0 unspecified atom stereocenters. The SMILES string of the molecule is CCn1c(=O)c(-c2ccc(/C(=N/N)NN)cc2Cl)cc2cnc(Nc3ccc(N4CCN(C)CC4)cc3)nc21. The van der Waals surface area contributed by atoms with E-state index in [4.69, 9.17) is 23.3 Å². The summed E-state index contributed by atoms with van der Waals surface area (Å²) in [5.41, 5.74) is 6.43. The number of hydrogen-bond acceptors (Lipinski definition) is 9. The van der Waals surface area contributed by atoms with E-state index < -0.39 is 0 Å². The van der Waals surface area contributed by atoms with Gasteiger partial charge in [-0.2, -0.15) is 10.1 Å². The van der Waals surface area contributed by atoms with Crippen molar-refractivity contribution >= 4 is 45.8 Å². The van der Waals surface area contributed by atoms with E-state index in [1.807, 2.05) is 19.1 Å². The fourth-order valence-corrected chi connectivity index (χ4v) is 5.01. The van der Waals surface area contributed by atoms with Crippen molar-refractivity contribution in [1.82, 2.24) is 24.9 Å². The molecule has 6 N–H and O–H groups in total. The number of hydrazine groups is 1. The van der Waals surface area contributed by atoms with Gasteiger partial charge in [-0.3, -0.25) is 9.36 Å². The Morgan fingerprint density at radius 2 is 1.82 bits per heavy atom. The molecule has 202 valence electrons. The molecule has 2 aromatic carbocycles. The lowest BCUT2D eigenvalue weighted by Crippen LogP contribution is -2.44. The van der Waals surface area contributed by atoms with E-state index in [9.17, 15) is 4.79 Å². The molecule has 0 saturated carbocycles. The monoisotopic (exact) mass is 546 g/mol. The lowest BCUT2D eigenvalue weighted by molar-refractivity contribution is 0.313. The second kappa shape index (κ2) is 11.3. The minimum Gasteiger partial charge on any atom is -0.369 e. The summed E-state index contributed by atoms with van der Waals surface area (Å²) in [7, 11) is 2.15. The van der Waals surface area contributed by atoms with Crippen molar-refractivity contribution < 1.29 is 0 Å². The Kier molecular flexibility index (Phi) is 7.64. The number of nitrogens with two attached hydrogens (primary N) is 2. The van der Waals surface area contributed by atoms with E-state index in [2.05, 4.69) is 54.8 Å². The van der Waals surface area contributed by atoms with Gasteiger partial charge in [-0.05, 0) is 50.4 Å². The predicted molar refractivity (Wildman–Crippen MR) is 157 cm³/mol. The number of aromatic nitrogens is 3. The zero-order valence-corrected chi connectivity index (χ0v) is 22.6. The third kappa shape index (κ3) is 5.37. The number of nitrogens with zero attached hydrogens (tertiary/aromatic N) is 6. The van der Waals surface area contributed by atoms with Crippen molar-refractivity contribution in [1.29, 1.82) is 0 Å². The molecule has 0 aliphatic carbocycles. The van der Waals surface area contributed by atoms with E-state index >= 15 is 0 Å². The van der Waals surface area contributed by atoms with Crippen LogP contribution in [-0.2, 0) is 6.54 Å². The largest absolute Gasteiger partial charge is 0.369 e. The Morgan fingerprint density at radius 3 is 2.46 bits per heavy atom. The standard InChI is InChI=1S/C27H31ClN10O/c1-3-38-25-18(14-22(26(38)39)21-9-4-17(15-23(21)28)24(34-29)35-30)16-31-27(33-25)32-19-5-7-20(8-6-19)37-12-10-36(2)11-13-37/h4-9,14-16H,3,10-13,29-30H2,1-2H3,(H,34,35)(H,31,32,33). The molecular formula is C27H31ClN10O. The number of amidine groups is 1. The van der Waals surface area contributed by atoms with Crippen molar-refractivity contribution in [2.24, 2.45) is 16.8 Å². The van der Waals surface area contributed by atoms with Crippen molar-refractivity contribution in [3.63, 3.8) is 0 Å². The number of halogens is 1. The van der Waals surface area contributed by atoms with Gasteiger partial charge in [0, 0.05) is 77.4 Å². The van der Waals surface area contributed by atoms with Crippen LogP contribution >= 0.6 is 11.6 Å². The van der Waals surface area contributed by atoms with Gasteiger partial charge in [0.15, 0.2) is 5.84 Å². The van der Waals surface area contributed by atoms with Crippen LogP contribution in [0.2, 0.25) is 5.02 Å². The van der Waals surface area contributed by atoms with Crippen LogP contribution in [0.5, 0.6) is 0 Å². The molecule has 3 heterocycles. The second-order valence-electron chi connectivity index (χ2n) is 9.36. The molecule has 1 aliphatic heterocycles. The van der Waals surface area contributed by atoms with Gasteiger partial charge in [0.05, 0.1) is 0 Å². The number of anilines is 3. The molecule has 11 nitrogen and oxygen atoms in total. The summed E-state index contributed by atoms with van der Waals surface area (Å²) in [5.74, 6) is 11.5. The van der Waals surface area contributed by atoms with Gasteiger partial charge in [-0.25, -0.2) is 10.8 Å². The number of hydrazone groups is 1. The smallest absolute Gasteiger partial charge is 0.260 e. The first-order chi connectivity index (χ1) is 18.9. The lowest BCUT2D eigenvalue weighted by Gasteiger charge is -2.34. The fourth-order valence-electron chi connectivity index (χ4n) is 4.73. The van der Waals surface area contributed by atoms with E-state index in [0.29, 0.717) is 39.9 Å². The minimum atomic E-state index is -0.203. The van der Waals surface area contributed by atoms with Crippen LogP contribution in [0.1, 0.15) is 12.5 Å². The molecule has 0 radical (unpaired) electrons. The first-order valence-corrected chi connectivity index (χ1v) is 13.1. The number of hydrogen-bond donors (Lipinski definition) is 4. The van der Waals surface area contributed by atoms with Gasteiger partial charge < -0.3 is 26.4 Å². The van der Waals surface area contributed by atoms with Gasteiger partial charge in [0.2, 0.25) is 5.95 Å². The van der Waals surface area contributed by atoms with Crippen LogP contribution in [0.25, 0.3) is 22.2 Å². The Bertz CT molecular complexity index is 1580. The summed E-state index contributed by atoms with van der Waals surface area (Å²) >= 11 is 6.56. The van der Waals surface area contributed by atoms with Gasteiger partial charge in [0.1, 0.15) is 5.65 Å². The molecule has 0 amide bonds. The van der Waals surface area contributed by atoms with Gasteiger partial charge in [-0.1, -0.05) is 23.7 Å². The van der Waals surface area contributed by atoms with E-state index in [-0.39, 0.29) is 11.4 Å². The van der Waals surface area contributed by atoms with Crippen molar-refractivity contribution in [3.8, 4) is 11.1 Å². The summed E-state index contributed by atoms with van der Waals surface area (Å²) in [6.45, 7) is 6.46. The minimum absolute atomic E-state index is 0.203. The molecule has 1 aliphatic rings. The normalized spacial score (nSPS) is 14.6. The maximum atomic E-state index is 13.5. The third-order valence-corrected chi connectivity index (χ3v) is 7.25. The van der Waals surface area contributed by atoms with E-state index in [1.54, 1.807) is 35.0 Å². The van der Waals surface area contributed by atoms with Crippen LogP contribution in [-0.4, -0.2) is 58.5 Å². The number of fused-ring (bicyclic) bond motifs is 1. The molecule has 0 spiro atoms. The average Bonchev–Trinajstić information content (AvgIpc) is 2.95. The molecule has 39 heavy (non-hydrogen) atoms. The number of rotatable bonds is 6. The third-order valence-electron chi connectivity index (χ3n) is 6.93. The highest BCUT2D eigenvalue weighted by Gasteiger charge is 2.17. The van der Waals surface area contributed by atoms with Crippen LogP contribution in [0.4, 0.5) is 17.3 Å². The van der Waals surface area contributed by atoms with Gasteiger partial charge >= 0.3 is 0 Å². The van der Waals surface area contributed by atoms with Gasteiger partial charge in [-0.15, -0.1) is 0 Å². The van der Waals surface area contributed by atoms with Crippen molar-refractivity contribution in [2.75, 3.05) is 43.4 Å². The Balaban J connectivity index is 1.43. The molecule has 4 aromatic rings. The zero-order valence-electron chi connectivity index (χ0n) is 21.9. The van der Waals surface area contributed by atoms with Crippen molar-refractivity contribution in [3.05, 3.63) is 75.7 Å². The van der Waals surface area contributed by atoms with Crippen LogP contribution < -0.4 is 32.9 Å². The first kappa shape index (κ1) is 26.4. The summed E-state index contributed by atoms with van der Waals surface area (Å²) in [5, 5.41) is 7.95. The molecule has 0 bridgehead atoms. The molecule has 2 aromatic heterocycles. The summed E-state index contributed by atoms with van der Waals surface area (Å²) in [6.07, 6.45) is 1.71. The Morgan fingerprint density at radius 1 is 1.08 bits per heavy atom. The predicted octanol–water partition coefficient (Wildman–Crippen LogP) is 2.71. The fraction of sp³-hybridized carbons (Fsp3) is 0.259. The van der Waals surface area contributed by atoms with Crippen LogP contribution in [0, 0.1) is 0 Å². The number of nitrogens with one attached hydrogen (secondary N) is 2. The van der Waals surface area contributed by atoms with Gasteiger partial charge in [0.25, 0.3) is 5.56 Å². The van der Waals surface area contributed by atoms with Crippen molar-refractivity contribution in [2.45, 2.75) is 13.5 Å². The first-order valence-electron chi connectivity index (χ1n) is 12.7. The zero-order chi connectivity index (χ0) is 27.5. The summed E-state index contributed by atoms with van der Waals surface area (Å²) in [6, 6.07) is 15.1. The number of piperazine rings is 1. The molecule has 1 saturated heterocycles. The highest BCUT2D eigenvalue weighted by atomic mass is 35.5. The number of aryl methyl sites for hydroxylation is 1. The number of pyridine rings is 1. The highest BCUT2D eigenvalue weighted by molar-refractivity contribution is 6.33. The topological polar surface area (TPSA) is 143 Å². The maximum absolute atomic E-state index is 13.5. The average molecular weight is 547 g/mol. The summed E-state index contributed by atoms with van der Waals surface area (Å²) in [4.78, 5) is 27.4. The molecule has 12 heteroatoms. The number of benzene rings is 2. The van der Waals surface area contributed by atoms with E-state index in [1.165, 1.54) is 5.69 Å². The Labute approximate surface area is 231 Å². The molecule has 0 atom stereocenters. The quantitative estimate of drug-likeness (QED) is 0.124.